The Morgan fingerprint density at radius 3 is 2.29 bits per heavy atom. The van der Waals surface area contributed by atoms with Crippen LogP contribution in [0.15, 0.2) is 9.59 Å². The van der Waals surface area contributed by atoms with Gasteiger partial charge < -0.3 is 23.8 Å². The number of imidazole rings is 1. The SMILES string of the molecule is CC(=O)OC[C@H]1O[C@@H](n2c(=O)n(CCN3CCCCC3)c3c(=O)n4[nH]c(C)nc4nc32)[C@H](OC(C)=O)[C@@H]1OC(C)=O. The topological polar surface area (TPSA) is 181 Å². The van der Waals surface area contributed by atoms with Crippen LogP contribution in [0.1, 0.15) is 52.1 Å². The molecule has 2 fully saturated rings. The number of fused-ring (bicyclic) bond motifs is 2. The quantitative estimate of drug-likeness (QED) is 0.273. The van der Waals surface area contributed by atoms with E-state index in [0.29, 0.717) is 12.4 Å². The molecule has 0 saturated carbocycles. The van der Waals surface area contributed by atoms with Gasteiger partial charge in [0.05, 0.1) is 0 Å². The molecule has 0 amide bonds. The molecule has 3 aromatic heterocycles. The maximum atomic E-state index is 14.1. The zero-order valence-corrected chi connectivity index (χ0v) is 23.3. The average Bonchev–Trinajstić information content (AvgIpc) is 3.53. The number of nitrogens with zero attached hydrogens (tertiary/aromatic N) is 6. The Bertz CT molecular complexity index is 1600. The predicted octanol–water partition coefficient (Wildman–Crippen LogP) is -0.348. The number of nitrogens with one attached hydrogen (secondary N) is 1. The second kappa shape index (κ2) is 11.4. The van der Waals surface area contributed by atoms with E-state index in [-0.39, 0.29) is 30.1 Å². The van der Waals surface area contributed by atoms with Gasteiger partial charge in [-0.25, -0.2) is 9.36 Å². The highest BCUT2D eigenvalue weighted by Crippen LogP contribution is 2.35. The van der Waals surface area contributed by atoms with E-state index in [1.807, 2.05) is 0 Å². The maximum absolute atomic E-state index is 14.1. The van der Waals surface area contributed by atoms with Crippen LogP contribution in [0.5, 0.6) is 0 Å². The monoisotopic (exact) mass is 575 g/mol. The number of aromatic nitrogens is 6. The van der Waals surface area contributed by atoms with Crippen LogP contribution in [-0.4, -0.2) is 96.1 Å². The van der Waals surface area contributed by atoms with Crippen LogP contribution in [-0.2, 0) is 39.9 Å². The molecule has 0 bridgehead atoms. The second-order valence-electron chi connectivity index (χ2n) is 10.3. The van der Waals surface area contributed by atoms with Crippen molar-refractivity contribution in [2.24, 2.45) is 0 Å². The molecular formula is C25H33N7O9. The molecule has 222 valence electrons. The summed E-state index contributed by atoms with van der Waals surface area (Å²) >= 11 is 0. The molecule has 2 aliphatic rings. The smallest absolute Gasteiger partial charge is 0.332 e. The minimum absolute atomic E-state index is 0.00538. The maximum Gasteiger partial charge on any atom is 0.332 e. The third-order valence-corrected chi connectivity index (χ3v) is 7.18. The molecule has 0 radical (unpaired) electrons. The van der Waals surface area contributed by atoms with Crippen molar-refractivity contribution in [1.82, 2.24) is 33.6 Å². The summed E-state index contributed by atoms with van der Waals surface area (Å²) in [7, 11) is 0. The second-order valence-corrected chi connectivity index (χ2v) is 10.3. The first kappa shape index (κ1) is 28.5. The molecule has 0 unspecified atom stereocenters. The summed E-state index contributed by atoms with van der Waals surface area (Å²) in [5.41, 5.74) is -1.22. The highest BCUT2D eigenvalue weighted by atomic mass is 16.7. The molecule has 0 spiro atoms. The number of hydrogen-bond donors (Lipinski definition) is 1. The number of H-pyrrole nitrogens is 1. The summed E-state index contributed by atoms with van der Waals surface area (Å²) in [6.45, 7) is 7.32. The van der Waals surface area contributed by atoms with Gasteiger partial charge in [-0.2, -0.15) is 14.5 Å². The van der Waals surface area contributed by atoms with Gasteiger partial charge in [0.1, 0.15) is 18.5 Å². The van der Waals surface area contributed by atoms with Crippen molar-refractivity contribution in [3.05, 3.63) is 26.7 Å². The molecule has 1 N–H and O–H groups in total. The molecule has 0 aliphatic carbocycles. The summed E-state index contributed by atoms with van der Waals surface area (Å²) in [6.07, 6.45) is -1.76. The van der Waals surface area contributed by atoms with Crippen molar-refractivity contribution >= 4 is 34.8 Å². The van der Waals surface area contributed by atoms with E-state index in [0.717, 1.165) is 48.4 Å². The normalized spacial score (nSPS) is 23.2. The standard InChI is InChI=1S/C25H33N7O9/c1-13-26-24-27-21-18(22(36)32(24)28-13)30(11-10-29-8-6-5-7-9-29)25(37)31(21)23-20(40-16(4)35)19(39-15(3)34)17(41-23)12-38-14(2)33/h17,19-20,23H,5-12H2,1-4H3,(H,26,27,28)/t17-,19-,20-,23-/m1/s1. The van der Waals surface area contributed by atoms with Gasteiger partial charge in [-0.15, -0.1) is 0 Å². The molecule has 41 heavy (non-hydrogen) atoms. The number of piperidine rings is 1. The van der Waals surface area contributed by atoms with Crippen molar-refractivity contribution < 1.29 is 33.3 Å². The van der Waals surface area contributed by atoms with Crippen molar-refractivity contribution in [2.45, 2.75) is 78.0 Å². The van der Waals surface area contributed by atoms with Gasteiger partial charge in [0.15, 0.2) is 29.6 Å². The lowest BCUT2D eigenvalue weighted by Gasteiger charge is -2.26. The summed E-state index contributed by atoms with van der Waals surface area (Å²) in [5, 5.41) is 2.84. The number of hydrogen-bond acceptors (Lipinski definition) is 12. The Kier molecular flexibility index (Phi) is 7.95. The first-order valence-electron chi connectivity index (χ1n) is 13.5. The predicted molar refractivity (Wildman–Crippen MR) is 140 cm³/mol. The number of esters is 3. The lowest BCUT2D eigenvalue weighted by Crippen LogP contribution is -2.42. The Morgan fingerprint density at radius 1 is 0.951 bits per heavy atom. The van der Waals surface area contributed by atoms with E-state index in [1.165, 1.54) is 18.4 Å². The van der Waals surface area contributed by atoms with Gasteiger partial charge in [0.2, 0.25) is 0 Å². The van der Waals surface area contributed by atoms with Crippen LogP contribution in [0, 0.1) is 6.92 Å². The van der Waals surface area contributed by atoms with Crippen LogP contribution in [0.2, 0.25) is 0 Å². The lowest BCUT2D eigenvalue weighted by molar-refractivity contribution is -0.166. The third kappa shape index (κ3) is 5.61. The van der Waals surface area contributed by atoms with Gasteiger partial charge in [-0.3, -0.25) is 28.8 Å². The molecule has 2 aliphatic heterocycles. The minimum Gasteiger partial charge on any atom is -0.463 e. The average molecular weight is 576 g/mol. The lowest BCUT2D eigenvalue weighted by atomic mass is 10.1. The number of carbonyl (C=O) groups excluding carboxylic acids is 3. The highest BCUT2D eigenvalue weighted by molar-refractivity contribution is 5.73. The van der Waals surface area contributed by atoms with Crippen molar-refractivity contribution in [3.63, 3.8) is 0 Å². The molecule has 2 saturated heterocycles. The number of ether oxygens (including phenoxy) is 4. The number of rotatable bonds is 8. The Labute approximate surface area is 233 Å². The Morgan fingerprint density at radius 2 is 1.63 bits per heavy atom. The Hall–Kier alpha value is -4.05. The minimum atomic E-state index is -1.37. The van der Waals surface area contributed by atoms with Crippen LogP contribution >= 0.6 is 0 Å². The molecule has 4 atom stereocenters. The summed E-state index contributed by atoms with van der Waals surface area (Å²) in [6, 6.07) is 0. The van der Waals surface area contributed by atoms with E-state index in [9.17, 15) is 24.0 Å². The van der Waals surface area contributed by atoms with Crippen LogP contribution in [0.4, 0.5) is 0 Å². The molecule has 5 rings (SSSR count). The van der Waals surface area contributed by atoms with E-state index in [1.54, 1.807) is 6.92 Å². The van der Waals surface area contributed by atoms with E-state index >= 15 is 0 Å². The van der Waals surface area contributed by atoms with Crippen molar-refractivity contribution in [1.29, 1.82) is 0 Å². The number of aryl methyl sites for hydroxylation is 1. The molecule has 16 heteroatoms. The summed E-state index contributed by atoms with van der Waals surface area (Å²) < 4.78 is 25.8. The number of likely N-dealkylation sites (tertiary alicyclic amines) is 1. The highest BCUT2D eigenvalue weighted by Gasteiger charge is 2.52. The van der Waals surface area contributed by atoms with E-state index < -0.39 is 53.7 Å². The van der Waals surface area contributed by atoms with Crippen molar-refractivity contribution in [3.8, 4) is 0 Å². The molecule has 16 nitrogen and oxygen atoms in total. The fourth-order valence-electron chi connectivity index (χ4n) is 5.48. The fourth-order valence-corrected chi connectivity index (χ4v) is 5.48. The van der Waals surface area contributed by atoms with Gasteiger partial charge in [0, 0.05) is 33.9 Å². The van der Waals surface area contributed by atoms with Gasteiger partial charge in [0.25, 0.3) is 11.3 Å². The molecule has 5 heterocycles. The zero-order chi connectivity index (χ0) is 29.4. The van der Waals surface area contributed by atoms with Gasteiger partial charge in [-0.1, -0.05) is 6.42 Å². The number of carbonyl (C=O) groups is 3. The van der Waals surface area contributed by atoms with E-state index in [4.69, 9.17) is 18.9 Å². The molecule has 3 aromatic rings. The Balaban J connectivity index is 1.66. The first-order chi connectivity index (χ1) is 19.5. The van der Waals surface area contributed by atoms with Crippen LogP contribution < -0.4 is 11.2 Å². The first-order valence-corrected chi connectivity index (χ1v) is 13.5. The number of aromatic amines is 1. The van der Waals surface area contributed by atoms with Crippen LogP contribution in [0.25, 0.3) is 16.9 Å². The fraction of sp³-hybridized carbons (Fsp3) is 0.640. The van der Waals surface area contributed by atoms with Gasteiger partial charge >= 0.3 is 23.6 Å². The summed E-state index contributed by atoms with van der Waals surface area (Å²) in [5.74, 6) is -1.58. The third-order valence-electron chi connectivity index (χ3n) is 7.18. The molecule has 0 aromatic carbocycles. The van der Waals surface area contributed by atoms with Crippen molar-refractivity contribution in [2.75, 3.05) is 26.2 Å². The zero-order valence-electron chi connectivity index (χ0n) is 23.3. The van der Waals surface area contributed by atoms with Gasteiger partial charge in [-0.05, 0) is 32.9 Å². The molecular weight excluding hydrogens is 542 g/mol. The van der Waals surface area contributed by atoms with E-state index in [2.05, 4.69) is 20.0 Å². The van der Waals surface area contributed by atoms with Crippen LogP contribution in [0.3, 0.4) is 0 Å². The largest absolute Gasteiger partial charge is 0.463 e. The summed E-state index contributed by atoms with van der Waals surface area (Å²) in [4.78, 5) is 74.4.